The number of anilines is 1. The standard InChI is InChI=1S/C13H16N2O3S/c16-12(17)8-11-9-19-7-6-15(11)13(18)14-10-4-2-1-3-5-10/h1-5,11H,6-9H2,(H,14,18)(H,16,17). The molecule has 2 rings (SSSR count). The monoisotopic (exact) mass is 280 g/mol. The summed E-state index contributed by atoms with van der Waals surface area (Å²) in [5.74, 6) is 0.650. The van der Waals surface area contributed by atoms with E-state index in [1.807, 2.05) is 30.3 Å². The minimum absolute atomic E-state index is 0.00475. The van der Waals surface area contributed by atoms with E-state index in [1.54, 1.807) is 16.7 Å². The summed E-state index contributed by atoms with van der Waals surface area (Å²) in [5, 5.41) is 11.7. The second-order valence-corrected chi connectivity index (χ2v) is 5.47. The molecule has 0 saturated carbocycles. The van der Waals surface area contributed by atoms with E-state index in [-0.39, 0.29) is 18.5 Å². The average molecular weight is 280 g/mol. The number of nitrogens with zero attached hydrogens (tertiary/aromatic N) is 1. The number of amides is 2. The van der Waals surface area contributed by atoms with Gasteiger partial charge in [0.05, 0.1) is 12.5 Å². The van der Waals surface area contributed by atoms with Gasteiger partial charge in [-0.15, -0.1) is 0 Å². The highest BCUT2D eigenvalue weighted by molar-refractivity contribution is 7.99. The van der Waals surface area contributed by atoms with E-state index < -0.39 is 5.97 Å². The van der Waals surface area contributed by atoms with Gasteiger partial charge in [-0.1, -0.05) is 18.2 Å². The first-order valence-corrected chi connectivity index (χ1v) is 7.24. The number of hydrogen-bond donors (Lipinski definition) is 2. The van der Waals surface area contributed by atoms with Gasteiger partial charge < -0.3 is 15.3 Å². The molecule has 0 spiro atoms. The number of carboxylic acids is 1. The summed E-state index contributed by atoms with van der Waals surface area (Å²) in [5.41, 5.74) is 0.722. The van der Waals surface area contributed by atoms with Crippen LogP contribution in [0.25, 0.3) is 0 Å². The Morgan fingerprint density at radius 2 is 2.11 bits per heavy atom. The van der Waals surface area contributed by atoms with Crippen LogP contribution in [0.15, 0.2) is 30.3 Å². The van der Waals surface area contributed by atoms with Gasteiger partial charge in [0.25, 0.3) is 0 Å². The fraction of sp³-hybridized carbons (Fsp3) is 0.385. The first-order chi connectivity index (χ1) is 9.16. The van der Waals surface area contributed by atoms with Crippen molar-refractivity contribution in [2.24, 2.45) is 0 Å². The smallest absolute Gasteiger partial charge is 0.322 e. The Balaban J connectivity index is 2.01. The van der Waals surface area contributed by atoms with Crippen LogP contribution >= 0.6 is 11.8 Å². The Labute approximate surface area is 116 Å². The zero-order valence-corrected chi connectivity index (χ0v) is 11.2. The zero-order valence-electron chi connectivity index (χ0n) is 10.4. The van der Waals surface area contributed by atoms with Gasteiger partial charge in [-0.3, -0.25) is 4.79 Å². The fourth-order valence-corrected chi connectivity index (χ4v) is 3.07. The first-order valence-electron chi connectivity index (χ1n) is 6.09. The van der Waals surface area contributed by atoms with Gasteiger partial charge in [-0.2, -0.15) is 11.8 Å². The van der Waals surface area contributed by atoms with Crippen LogP contribution < -0.4 is 5.32 Å². The minimum Gasteiger partial charge on any atom is -0.481 e. The van der Waals surface area contributed by atoms with Crippen LogP contribution in [0.4, 0.5) is 10.5 Å². The lowest BCUT2D eigenvalue weighted by atomic mass is 10.2. The van der Waals surface area contributed by atoms with Gasteiger partial charge in [0.2, 0.25) is 0 Å². The van der Waals surface area contributed by atoms with Gasteiger partial charge in [-0.25, -0.2) is 4.79 Å². The van der Waals surface area contributed by atoms with Crippen LogP contribution in [0.2, 0.25) is 0 Å². The maximum absolute atomic E-state index is 12.2. The predicted molar refractivity (Wildman–Crippen MR) is 75.5 cm³/mol. The van der Waals surface area contributed by atoms with Gasteiger partial charge in [0.15, 0.2) is 0 Å². The Kier molecular flexibility index (Phi) is 4.68. The summed E-state index contributed by atoms with van der Waals surface area (Å²) >= 11 is 1.69. The molecule has 0 bridgehead atoms. The van der Waals surface area contributed by atoms with Crippen LogP contribution in [0.1, 0.15) is 6.42 Å². The largest absolute Gasteiger partial charge is 0.481 e. The predicted octanol–water partition coefficient (Wildman–Crippen LogP) is 2.11. The first kappa shape index (κ1) is 13.7. The molecule has 2 N–H and O–H groups in total. The third kappa shape index (κ3) is 3.89. The highest BCUT2D eigenvalue weighted by Crippen LogP contribution is 2.20. The number of nitrogens with one attached hydrogen (secondary N) is 1. The van der Waals surface area contributed by atoms with Gasteiger partial charge in [-0.05, 0) is 12.1 Å². The molecule has 1 aromatic carbocycles. The molecule has 1 saturated heterocycles. The number of hydrogen-bond acceptors (Lipinski definition) is 3. The Bertz CT molecular complexity index is 452. The number of thioether (sulfide) groups is 1. The van der Waals surface area contributed by atoms with Gasteiger partial charge >= 0.3 is 12.0 Å². The number of carbonyl (C=O) groups excluding carboxylic acids is 1. The molecule has 1 aliphatic heterocycles. The quantitative estimate of drug-likeness (QED) is 0.889. The summed E-state index contributed by atoms with van der Waals surface area (Å²) in [6.45, 7) is 0.585. The van der Waals surface area contributed by atoms with E-state index in [0.29, 0.717) is 12.3 Å². The maximum Gasteiger partial charge on any atom is 0.322 e. The third-order valence-electron chi connectivity index (χ3n) is 2.92. The third-order valence-corrected chi connectivity index (χ3v) is 4.02. The topological polar surface area (TPSA) is 69.6 Å². The van der Waals surface area contributed by atoms with E-state index >= 15 is 0 Å². The molecule has 0 aliphatic carbocycles. The fourth-order valence-electron chi connectivity index (χ4n) is 2.01. The van der Waals surface area contributed by atoms with E-state index in [2.05, 4.69) is 5.32 Å². The lowest BCUT2D eigenvalue weighted by Gasteiger charge is -2.34. The molecule has 0 aromatic heterocycles. The molecule has 6 heteroatoms. The molecule has 102 valence electrons. The lowest BCUT2D eigenvalue weighted by Crippen LogP contribution is -2.48. The molecular weight excluding hydrogens is 264 g/mol. The number of rotatable bonds is 3. The van der Waals surface area contributed by atoms with Crippen molar-refractivity contribution in [2.45, 2.75) is 12.5 Å². The van der Waals surface area contributed by atoms with Crippen LogP contribution in [-0.4, -0.2) is 46.1 Å². The van der Waals surface area contributed by atoms with E-state index in [9.17, 15) is 9.59 Å². The van der Waals surface area contributed by atoms with Crippen molar-refractivity contribution in [3.63, 3.8) is 0 Å². The van der Waals surface area contributed by atoms with E-state index in [4.69, 9.17) is 5.11 Å². The molecule has 1 aliphatic rings. The van der Waals surface area contributed by atoms with Gasteiger partial charge in [0, 0.05) is 23.7 Å². The second kappa shape index (κ2) is 6.47. The number of aliphatic carboxylic acids is 1. The molecule has 5 nitrogen and oxygen atoms in total. The SMILES string of the molecule is O=C(O)CC1CSCCN1C(=O)Nc1ccccc1. The summed E-state index contributed by atoms with van der Waals surface area (Å²) in [7, 11) is 0. The Morgan fingerprint density at radius 1 is 1.37 bits per heavy atom. The van der Waals surface area contributed by atoms with E-state index in [1.165, 1.54) is 0 Å². The van der Waals surface area contributed by atoms with Crippen molar-refractivity contribution in [1.29, 1.82) is 0 Å². The molecule has 1 heterocycles. The number of carboxylic acid groups (broad SMARTS) is 1. The maximum atomic E-state index is 12.2. The summed E-state index contributed by atoms with van der Waals surface area (Å²) in [6.07, 6.45) is -0.00475. The van der Waals surface area contributed by atoms with Crippen LogP contribution in [0.5, 0.6) is 0 Å². The van der Waals surface area contributed by atoms with Crippen LogP contribution in [0.3, 0.4) is 0 Å². The molecule has 1 fully saturated rings. The zero-order chi connectivity index (χ0) is 13.7. The Hall–Kier alpha value is -1.69. The summed E-state index contributed by atoms with van der Waals surface area (Å²) < 4.78 is 0. The average Bonchev–Trinajstić information content (AvgIpc) is 2.39. The molecule has 1 aromatic rings. The summed E-state index contributed by atoms with van der Waals surface area (Å²) in [4.78, 5) is 24.6. The second-order valence-electron chi connectivity index (χ2n) is 4.32. The number of benzene rings is 1. The van der Waals surface area contributed by atoms with Crippen LogP contribution in [0, 0.1) is 0 Å². The van der Waals surface area contributed by atoms with Crippen LogP contribution in [-0.2, 0) is 4.79 Å². The van der Waals surface area contributed by atoms with Crippen molar-refractivity contribution in [2.75, 3.05) is 23.4 Å². The highest BCUT2D eigenvalue weighted by atomic mass is 32.2. The van der Waals surface area contributed by atoms with Crippen molar-refractivity contribution in [1.82, 2.24) is 4.90 Å². The minimum atomic E-state index is -0.870. The molecule has 2 amide bonds. The van der Waals surface area contributed by atoms with Gasteiger partial charge in [0.1, 0.15) is 0 Å². The van der Waals surface area contributed by atoms with Crippen molar-refractivity contribution >= 4 is 29.4 Å². The summed E-state index contributed by atoms with van der Waals surface area (Å²) in [6, 6.07) is 8.72. The lowest BCUT2D eigenvalue weighted by molar-refractivity contribution is -0.137. The van der Waals surface area contributed by atoms with Crippen molar-refractivity contribution < 1.29 is 14.7 Å². The molecule has 1 atom stereocenters. The highest BCUT2D eigenvalue weighted by Gasteiger charge is 2.28. The van der Waals surface area contributed by atoms with Crippen molar-refractivity contribution in [3.05, 3.63) is 30.3 Å². The number of para-hydroxylation sites is 1. The molecule has 0 radical (unpaired) electrons. The molecular formula is C13H16N2O3S. The van der Waals surface area contributed by atoms with Crippen molar-refractivity contribution in [3.8, 4) is 0 Å². The number of urea groups is 1. The Morgan fingerprint density at radius 3 is 2.79 bits per heavy atom. The normalized spacial score (nSPS) is 18.9. The molecule has 19 heavy (non-hydrogen) atoms. The molecule has 1 unspecified atom stereocenters. The van der Waals surface area contributed by atoms with E-state index in [0.717, 1.165) is 11.4 Å². The number of carbonyl (C=O) groups is 2.